The molecule has 1 aliphatic rings. The lowest BCUT2D eigenvalue weighted by molar-refractivity contribution is -0.135. The van der Waals surface area contributed by atoms with Gasteiger partial charge in [0.2, 0.25) is 41.4 Å². The maximum absolute atomic E-state index is 14.7. The first-order valence-electron chi connectivity index (χ1n) is 23.7. The van der Waals surface area contributed by atoms with Crippen LogP contribution in [0, 0.1) is 11.8 Å². The summed E-state index contributed by atoms with van der Waals surface area (Å²) in [6, 6.07) is 7.37. The van der Waals surface area contributed by atoms with Crippen molar-refractivity contribution in [3.63, 3.8) is 0 Å². The fourth-order valence-electron chi connectivity index (χ4n) is 8.31. The summed E-state index contributed by atoms with van der Waals surface area (Å²) in [5, 5.41) is 21.0. The smallest absolute Gasteiger partial charge is 0.243 e. The van der Waals surface area contributed by atoms with E-state index in [1.54, 1.807) is 12.4 Å². The van der Waals surface area contributed by atoms with Gasteiger partial charge in [0.05, 0.1) is 6.54 Å². The Bertz CT molecular complexity index is 2520. The van der Waals surface area contributed by atoms with Gasteiger partial charge in [-0.3, -0.25) is 43.5 Å². The highest BCUT2D eigenvalue weighted by atomic mass is 16.2. The van der Waals surface area contributed by atoms with Gasteiger partial charge in [0.15, 0.2) is 11.9 Å². The molecule has 22 heteroatoms. The molecule has 70 heavy (non-hydrogen) atoms. The Labute approximate surface area is 406 Å². The van der Waals surface area contributed by atoms with Crippen LogP contribution in [0.3, 0.4) is 0 Å². The van der Waals surface area contributed by atoms with Gasteiger partial charge in [0, 0.05) is 60.1 Å². The van der Waals surface area contributed by atoms with Gasteiger partial charge in [-0.15, -0.1) is 0 Å². The fraction of sp³-hybridized carbons (Fsp3) is 0.479. The first-order valence-corrected chi connectivity index (χ1v) is 23.7. The summed E-state index contributed by atoms with van der Waals surface area (Å²) in [6.07, 6.45) is 4.18. The molecule has 378 valence electrons. The summed E-state index contributed by atoms with van der Waals surface area (Å²) in [6.45, 7) is 7.08. The van der Waals surface area contributed by atoms with Gasteiger partial charge in [-0.25, -0.2) is 0 Å². The molecular weight excluding hydrogens is 899 g/mol. The molecule has 0 aliphatic carbocycles. The number of aromatic nitrogens is 2. The van der Waals surface area contributed by atoms with Crippen LogP contribution >= 0.6 is 0 Å². The van der Waals surface area contributed by atoms with Gasteiger partial charge < -0.3 is 70.1 Å². The summed E-state index contributed by atoms with van der Waals surface area (Å²) in [5.41, 5.74) is 25.2. The molecule has 3 heterocycles. The van der Waals surface area contributed by atoms with Crippen LogP contribution in [0.15, 0.2) is 70.9 Å². The quantitative estimate of drug-likeness (QED) is 0.0392. The van der Waals surface area contributed by atoms with Crippen molar-refractivity contribution < 1.29 is 33.6 Å². The highest BCUT2D eigenvalue weighted by molar-refractivity contribution is 5.99. The van der Waals surface area contributed by atoms with E-state index in [0.717, 1.165) is 21.8 Å². The van der Waals surface area contributed by atoms with Crippen molar-refractivity contribution in [2.24, 2.45) is 44.8 Å². The zero-order valence-corrected chi connectivity index (χ0v) is 40.2. The number of amides is 7. The van der Waals surface area contributed by atoms with E-state index >= 15 is 0 Å². The van der Waals surface area contributed by atoms with Crippen molar-refractivity contribution in [1.29, 1.82) is 0 Å². The maximum Gasteiger partial charge on any atom is 0.243 e. The van der Waals surface area contributed by atoms with Crippen molar-refractivity contribution >= 4 is 75.1 Å². The summed E-state index contributed by atoms with van der Waals surface area (Å²) in [4.78, 5) is 114. The molecule has 0 saturated carbocycles. The highest BCUT2D eigenvalue weighted by Gasteiger charge is 2.35. The molecule has 17 N–H and O–H groups in total. The lowest BCUT2D eigenvalue weighted by atomic mass is 9.99. The number of fused-ring (bicyclic) bond motifs is 2. The molecule has 0 radical (unpaired) electrons. The number of H-pyrrole nitrogens is 2. The zero-order chi connectivity index (χ0) is 50.9. The molecule has 1 saturated heterocycles. The molecule has 0 spiro atoms. The summed E-state index contributed by atoms with van der Waals surface area (Å²) >= 11 is 0. The van der Waals surface area contributed by atoms with Crippen molar-refractivity contribution in [2.45, 2.75) is 115 Å². The molecule has 7 amide bonds. The van der Waals surface area contributed by atoms with E-state index < -0.39 is 84.1 Å². The van der Waals surface area contributed by atoms with E-state index in [2.05, 4.69) is 57.2 Å². The average Bonchev–Trinajstić information content (AvgIpc) is 3.91. The van der Waals surface area contributed by atoms with E-state index in [-0.39, 0.29) is 88.2 Å². The Morgan fingerprint density at radius 3 is 1.33 bits per heavy atom. The van der Waals surface area contributed by atoms with Crippen molar-refractivity contribution in [1.82, 2.24) is 47.2 Å². The number of nitrogens with two attached hydrogens (primary N) is 4. The number of hydrogen-bond acceptors (Lipinski definition) is 9. The molecule has 6 atom stereocenters. The van der Waals surface area contributed by atoms with E-state index in [1.165, 1.54) is 0 Å². The molecule has 1 aliphatic heterocycles. The Morgan fingerprint density at radius 2 is 0.886 bits per heavy atom. The first-order chi connectivity index (χ1) is 33.4. The second-order valence-electron chi connectivity index (χ2n) is 18.4. The minimum atomic E-state index is -1.30. The van der Waals surface area contributed by atoms with Gasteiger partial charge in [-0.05, 0) is 73.6 Å². The standard InChI is InChI=1S/C48H69N15O7/c1-26(2)19-36-44(68)59-35(16-10-18-54-48(51)52)43(67)63-39(22-29-24-56-33-14-8-6-12-31(29)33)46(70)61-37(20-27(3)4)45(69)60-34(15-9-17-53-47(49)50)42(66)62-38(41(65)57-25-40(64)58-36)21-28-23-55-32-13-7-5-11-30(28)32/h5-8,11-14,23-24,26-27,34-39,55-56H,9-10,15-22,25H2,1-4H3,(H,57,65)(H,58,64)(H,59,68)(H,60,69)(H,61,70)(H,62,66)(H,63,67)(H4,49,50,53)(H4,51,52,54)/t34-,35-,36-,37-,38-,39-/m0/s1. The van der Waals surface area contributed by atoms with Crippen LogP contribution in [0.2, 0.25) is 0 Å². The molecule has 0 bridgehead atoms. The molecule has 2 aromatic carbocycles. The number of nitrogens with zero attached hydrogens (tertiary/aromatic N) is 2. The topological polar surface area (TPSA) is 364 Å². The van der Waals surface area contributed by atoms with Crippen molar-refractivity contribution in [2.75, 3.05) is 19.6 Å². The molecule has 5 rings (SSSR count). The third-order valence-electron chi connectivity index (χ3n) is 11.7. The average molecular weight is 968 g/mol. The number of rotatable bonds is 16. The lowest BCUT2D eigenvalue weighted by Gasteiger charge is -2.28. The number of aromatic amines is 2. The number of hydrogen-bond donors (Lipinski definition) is 13. The Balaban J connectivity index is 1.57. The normalized spacial score (nSPS) is 21.4. The number of carbonyl (C=O) groups is 7. The van der Waals surface area contributed by atoms with Crippen LogP contribution in [0.4, 0.5) is 0 Å². The van der Waals surface area contributed by atoms with Crippen LogP contribution in [-0.2, 0) is 46.4 Å². The summed E-state index contributed by atoms with van der Waals surface area (Å²) < 4.78 is 0. The van der Waals surface area contributed by atoms with Gasteiger partial charge in [-0.1, -0.05) is 64.1 Å². The first kappa shape index (κ1) is 53.3. The van der Waals surface area contributed by atoms with Crippen LogP contribution in [0.1, 0.15) is 77.3 Å². The van der Waals surface area contributed by atoms with Crippen molar-refractivity contribution in [3.8, 4) is 0 Å². The fourth-order valence-corrected chi connectivity index (χ4v) is 8.31. The predicted molar refractivity (Wildman–Crippen MR) is 267 cm³/mol. The number of benzene rings is 2. The van der Waals surface area contributed by atoms with E-state index in [1.807, 2.05) is 76.2 Å². The van der Waals surface area contributed by atoms with Crippen LogP contribution in [0.25, 0.3) is 21.8 Å². The SMILES string of the molecule is CC(C)C[C@@H]1NC(=O)CNC(=O)[C@H](Cc2c[nH]c3ccccc23)NC(=O)[C@H](CCCN=C(N)N)NC(=O)[C@H](CC(C)C)NC(=O)[C@H](Cc2c[nH]c3ccccc23)NC(=O)[C@H](CCCN=C(N)N)NC1=O. The van der Waals surface area contributed by atoms with Crippen LogP contribution in [-0.4, -0.2) is 119 Å². The Morgan fingerprint density at radius 1 is 0.514 bits per heavy atom. The van der Waals surface area contributed by atoms with Gasteiger partial charge in [-0.2, -0.15) is 0 Å². The minimum Gasteiger partial charge on any atom is -0.370 e. The zero-order valence-electron chi connectivity index (χ0n) is 40.2. The number of nitrogens with one attached hydrogen (secondary N) is 9. The third kappa shape index (κ3) is 16.0. The van der Waals surface area contributed by atoms with E-state index in [4.69, 9.17) is 22.9 Å². The van der Waals surface area contributed by atoms with Crippen LogP contribution < -0.4 is 60.2 Å². The summed E-state index contributed by atoms with van der Waals surface area (Å²) in [7, 11) is 0. The van der Waals surface area contributed by atoms with Crippen molar-refractivity contribution in [3.05, 3.63) is 72.1 Å². The molecular formula is C48H69N15O7. The predicted octanol–water partition coefficient (Wildman–Crippen LogP) is -0.328. The molecule has 2 aromatic heterocycles. The maximum atomic E-state index is 14.7. The Kier molecular flexibility index (Phi) is 19.5. The Hall–Kier alpha value is -7.65. The highest BCUT2D eigenvalue weighted by Crippen LogP contribution is 2.21. The molecule has 22 nitrogen and oxygen atoms in total. The monoisotopic (exact) mass is 968 g/mol. The van der Waals surface area contributed by atoms with E-state index in [0.29, 0.717) is 11.1 Å². The second-order valence-corrected chi connectivity index (χ2v) is 18.4. The number of para-hydroxylation sites is 2. The third-order valence-corrected chi connectivity index (χ3v) is 11.7. The number of carbonyl (C=O) groups excluding carboxylic acids is 7. The molecule has 1 fully saturated rings. The number of aliphatic imine (C=N–C) groups is 2. The molecule has 0 unspecified atom stereocenters. The van der Waals surface area contributed by atoms with Gasteiger partial charge in [0.1, 0.15) is 36.3 Å². The number of guanidine groups is 2. The largest absolute Gasteiger partial charge is 0.370 e. The van der Waals surface area contributed by atoms with Crippen LogP contribution in [0.5, 0.6) is 0 Å². The second kappa shape index (κ2) is 25.6. The van der Waals surface area contributed by atoms with E-state index in [9.17, 15) is 33.6 Å². The van der Waals surface area contributed by atoms with Gasteiger partial charge in [0.25, 0.3) is 0 Å². The minimum absolute atomic E-state index is 0.0165. The van der Waals surface area contributed by atoms with Gasteiger partial charge >= 0.3 is 0 Å². The lowest BCUT2D eigenvalue weighted by Crippen LogP contribution is -2.60. The molecule has 4 aromatic rings. The summed E-state index contributed by atoms with van der Waals surface area (Å²) in [5.74, 6) is -5.60.